The van der Waals surface area contributed by atoms with Gasteiger partial charge in [-0.25, -0.2) is 4.79 Å². The molecule has 1 aromatic carbocycles. The molecule has 0 bridgehead atoms. The van der Waals surface area contributed by atoms with Crippen LogP contribution in [0.3, 0.4) is 0 Å². The van der Waals surface area contributed by atoms with Crippen LogP contribution in [0.2, 0.25) is 0 Å². The molecule has 2 aromatic rings. The first-order valence-electron chi connectivity index (χ1n) is 7.52. The van der Waals surface area contributed by atoms with Gasteiger partial charge in [0.1, 0.15) is 11.5 Å². The Balaban J connectivity index is 1.98. The highest BCUT2D eigenvalue weighted by molar-refractivity contribution is 7.10. The minimum Gasteiger partial charge on any atom is -0.497 e. The summed E-state index contributed by atoms with van der Waals surface area (Å²) in [6.07, 6.45) is 0. The number of hydrogen-bond donors (Lipinski definition) is 2. The Bertz CT molecular complexity index is 659. The average molecular weight is 349 g/mol. The van der Waals surface area contributed by atoms with Crippen LogP contribution in [-0.4, -0.2) is 45.8 Å². The van der Waals surface area contributed by atoms with Crippen molar-refractivity contribution in [1.29, 1.82) is 0 Å². The summed E-state index contributed by atoms with van der Waals surface area (Å²) in [4.78, 5) is 15.5. The standard InChI is InChI=1S/C17H23N3O3S/c1-20(2)14(16-6-5-9-24-16)11-18-17(21)19-13-8-7-12(22-3)10-15(13)23-4/h5-10,14H,11H2,1-4H3,(H2,18,19,21). The fourth-order valence-corrected chi connectivity index (χ4v) is 3.20. The number of carbonyl (C=O) groups excluding carboxylic acids is 1. The lowest BCUT2D eigenvalue weighted by Crippen LogP contribution is -2.36. The molecule has 0 fully saturated rings. The van der Waals surface area contributed by atoms with E-state index >= 15 is 0 Å². The maximum atomic E-state index is 12.2. The van der Waals surface area contributed by atoms with Crippen LogP contribution < -0.4 is 20.1 Å². The molecule has 130 valence electrons. The maximum absolute atomic E-state index is 12.2. The second-order valence-electron chi connectivity index (χ2n) is 5.40. The first-order chi connectivity index (χ1) is 11.5. The van der Waals surface area contributed by atoms with Gasteiger partial charge in [0.05, 0.1) is 25.9 Å². The normalized spacial score (nSPS) is 11.9. The van der Waals surface area contributed by atoms with E-state index < -0.39 is 0 Å². The third-order valence-electron chi connectivity index (χ3n) is 3.61. The lowest BCUT2D eigenvalue weighted by Gasteiger charge is -2.23. The zero-order valence-corrected chi connectivity index (χ0v) is 15.1. The van der Waals surface area contributed by atoms with Gasteiger partial charge in [0.25, 0.3) is 0 Å². The van der Waals surface area contributed by atoms with Crippen molar-refractivity contribution < 1.29 is 14.3 Å². The molecule has 0 saturated carbocycles. The number of methoxy groups -OCH3 is 2. The fraction of sp³-hybridized carbons (Fsp3) is 0.353. The summed E-state index contributed by atoms with van der Waals surface area (Å²) in [6, 6.07) is 9.19. The summed E-state index contributed by atoms with van der Waals surface area (Å²) >= 11 is 1.68. The SMILES string of the molecule is COc1ccc(NC(=O)NCC(c2cccs2)N(C)C)c(OC)c1. The minimum absolute atomic E-state index is 0.133. The van der Waals surface area contributed by atoms with Gasteiger partial charge in [-0.05, 0) is 37.7 Å². The summed E-state index contributed by atoms with van der Waals surface area (Å²) in [7, 11) is 7.13. The number of nitrogens with one attached hydrogen (secondary N) is 2. The predicted octanol–water partition coefficient (Wildman–Crippen LogP) is 3.19. The van der Waals surface area contributed by atoms with E-state index in [1.807, 2.05) is 25.5 Å². The van der Waals surface area contributed by atoms with Gasteiger partial charge in [-0.1, -0.05) is 6.07 Å². The Morgan fingerprint density at radius 2 is 2.04 bits per heavy atom. The highest BCUT2D eigenvalue weighted by Crippen LogP contribution is 2.29. The van der Waals surface area contributed by atoms with Gasteiger partial charge in [0.2, 0.25) is 0 Å². The Morgan fingerprint density at radius 3 is 2.62 bits per heavy atom. The van der Waals surface area contributed by atoms with Crippen molar-refractivity contribution in [3.05, 3.63) is 40.6 Å². The number of hydrogen-bond acceptors (Lipinski definition) is 5. The maximum Gasteiger partial charge on any atom is 0.319 e. The minimum atomic E-state index is -0.276. The lowest BCUT2D eigenvalue weighted by molar-refractivity contribution is 0.244. The van der Waals surface area contributed by atoms with Crippen LogP contribution in [0.25, 0.3) is 0 Å². The average Bonchev–Trinajstić information content (AvgIpc) is 3.09. The topological polar surface area (TPSA) is 62.8 Å². The number of likely N-dealkylation sites (N-methyl/N-ethyl adjacent to an activating group) is 1. The number of rotatable bonds is 7. The Kier molecular flexibility index (Phi) is 6.45. The first-order valence-corrected chi connectivity index (χ1v) is 8.39. The molecule has 0 aliphatic heterocycles. The molecular formula is C17H23N3O3S. The van der Waals surface area contributed by atoms with Gasteiger partial charge in [-0.15, -0.1) is 11.3 Å². The fourth-order valence-electron chi connectivity index (χ4n) is 2.28. The molecule has 6 nitrogen and oxygen atoms in total. The third kappa shape index (κ3) is 4.62. The zero-order valence-electron chi connectivity index (χ0n) is 14.3. The van der Waals surface area contributed by atoms with Crippen molar-refractivity contribution in [3.8, 4) is 11.5 Å². The largest absolute Gasteiger partial charge is 0.497 e. The number of urea groups is 1. The van der Waals surface area contributed by atoms with E-state index in [1.165, 1.54) is 4.88 Å². The lowest BCUT2D eigenvalue weighted by atomic mass is 10.2. The molecular weight excluding hydrogens is 326 g/mol. The summed E-state index contributed by atoms with van der Waals surface area (Å²) in [5.41, 5.74) is 0.591. The van der Waals surface area contributed by atoms with Gasteiger partial charge in [0, 0.05) is 17.5 Å². The van der Waals surface area contributed by atoms with Gasteiger partial charge in [0.15, 0.2) is 0 Å². The summed E-state index contributed by atoms with van der Waals surface area (Å²) in [6.45, 7) is 0.512. The quantitative estimate of drug-likeness (QED) is 0.806. The molecule has 1 unspecified atom stereocenters. The summed E-state index contributed by atoms with van der Waals surface area (Å²) < 4.78 is 10.4. The Labute approximate surface area is 146 Å². The smallest absolute Gasteiger partial charge is 0.319 e. The van der Waals surface area contributed by atoms with E-state index in [9.17, 15) is 4.79 Å². The van der Waals surface area contributed by atoms with Crippen molar-refractivity contribution in [2.75, 3.05) is 40.2 Å². The van der Waals surface area contributed by atoms with Gasteiger partial charge < -0.3 is 25.0 Å². The molecule has 0 radical (unpaired) electrons. The molecule has 2 amide bonds. The molecule has 24 heavy (non-hydrogen) atoms. The van der Waals surface area contributed by atoms with E-state index in [1.54, 1.807) is 43.8 Å². The second kappa shape index (κ2) is 8.56. The predicted molar refractivity (Wildman–Crippen MR) is 97.3 cm³/mol. The van der Waals surface area contributed by atoms with E-state index in [0.29, 0.717) is 23.7 Å². The van der Waals surface area contributed by atoms with Crippen LogP contribution in [0.15, 0.2) is 35.7 Å². The monoisotopic (exact) mass is 349 g/mol. The number of ether oxygens (including phenoxy) is 2. The van der Waals surface area contributed by atoms with Crippen LogP contribution in [-0.2, 0) is 0 Å². The summed E-state index contributed by atoms with van der Waals surface area (Å²) in [5, 5.41) is 7.75. The zero-order chi connectivity index (χ0) is 17.5. The molecule has 2 N–H and O–H groups in total. The van der Waals surface area contributed by atoms with E-state index in [-0.39, 0.29) is 12.1 Å². The molecule has 7 heteroatoms. The van der Waals surface area contributed by atoms with Crippen molar-refractivity contribution in [2.24, 2.45) is 0 Å². The number of amides is 2. The third-order valence-corrected chi connectivity index (χ3v) is 4.58. The van der Waals surface area contributed by atoms with Crippen LogP contribution in [0.4, 0.5) is 10.5 Å². The number of carbonyl (C=O) groups is 1. The van der Waals surface area contributed by atoms with Gasteiger partial charge in [-0.3, -0.25) is 0 Å². The number of anilines is 1. The van der Waals surface area contributed by atoms with Crippen LogP contribution in [0.5, 0.6) is 11.5 Å². The molecule has 1 atom stereocenters. The molecule has 0 aliphatic carbocycles. The van der Waals surface area contributed by atoms with Crippen molar-refractivity contribution >= 4 is 23.1 Å². The van der Waals surface area contributed by atoms with Crippen molar-refractivity contribution in [2.45, 2.75) is 6.04 Å². The molecule has 0 spiro atoms. The van der Waals surface area contributed by atoms with E-state index in [0.717, 1.165) is 0 Å². The highest BCUT2D eigenvalue weighted by Gasteiger charge is 2.16. The number of nitrogens with zero attached hydrogens (tertiary/aromatic N) is 1. The van der Waals surface area contributed by atoms with E-state index in [2.05, 4.69) is 21.6 Å². The van der Waals surface area contributed by atoms with Crippen LogP contribution in [0.1, 0.15) is 10.9 Å². The van der Waals surface area contributed by atoms with Gasteiger partial charge >= 0.3 is 6.03 Å². The molecule has 2 rings (SSSR count). The highest BCUT2D eigenvalue weighted by atomic mass is 32.1. The van der Waals surface area contributed by atoms with Crippen molar-refractivity contribution in [1.82, 2.24) is 10.2 Å². The summed E-state index contributed by atoms with van der Waals surface area (Å²) in [5.74, 6) is 1.22. The Morgan fingerprint density at radius 1 is 1.25 bits per heavy atom. The first kappa shape index (κ1) is 18.1. The molecule has 1 aromatic heterocycles. The van der Waals surface area contributed by atoms with E-state index in [4.69, 9.17) is 9.47 Å². The molecule has 0 saturated heterocycles. The van der Waals surface area contributed by atoms with Gasteiger partial charge in [-0.2, -0.15) is 0 Å². The van der Waals surface area contributed by atoms with Crippen LogP contribution >= 0.6 is 11.3 Å². The Hall–Kier alpha value is -2.25. The van der Waals surface area contributed by atoms with Crippen LogP contribution in [0, 0.1) is 0 Å². The van der Waals surface area contributed by atoms with Crippen molar-refractivity contribution in [3.63, 3.8) is 0 Å². The number of thiophene rings is 1. The molecule has 1 heterocycles. The number of benzene rings is 1. The second-order valence-corrected chi connectivity index (χ2v) is 6.38. The molecule has 0 aliphatic rings.